The smallest absolute Gasteiger partial charge is 0.822 e. The van der Waals surface area contributed by atoms with E-state index in [1.54, 1.807) is 0 Å². The fraction of sp³-hybridized carbons (Fsp3) is 0. The quantitative estimate of drug-likeness (QED) is 0.267. The van der Waals surface area contributed by atoms with Gasteiger partial charge in [0.25, 0.3) is 0 Å². The van der Waals surface area contributed by atoms with Gasteiger partial charge in [-0.1, -0.05) is 0 Å². The fourth-order valence-corrected chi connectivity index (χ4v) is 0. The van der Waals surface area contributed by atoms with Crippen molar-refractivity contribution < 1.29 is 93.1 Å². The minimum atomic E-state index is -5.39. The van der Waals surface area contributed by atoms with Crippen LogP contribution in [0.4, 0.5) is 0 Å². The van der Waals surface area contributed by atoms with Gasteiger partial charge in [0.2, 0.25) is 0 Å². The van der Waals surface area contributed by atoms with Gasteiger partial charge in [-0.3, -0.25) is 0 Å². The van der Waals surface area contributed by atoms with Crippen molar-refractivity contribution in [3.05, 3.63) is 0 Å². The molecule has 0 spiro atoms. The Balaban J connectivity index is -0.0000000206. The van der Waals surface area contributed by atoms with Crippen LogP contribution in [0.5, 0.6) is 0 Å². The summed E-state index contributed by atoms with van der Waals surface area (Å²) >= 11 is 0. The molecule has 16 heavy (non-hydrogen) atoms. The Kier molecular flexibility index (Phi) is 16.8. The SMILES string of the molecule is O=P([O-])([O-])[O-].O=P([O-])([O-])[O-].O=P([O-])([O-])[O-].[H+].[H+].[H+].[U]. The summed E-state index contributed by atoms with van der Waals surface area (Å²) < 4.78 is 25.6. The number of phosphoric acid groups is 3. The van der Waals surface area contributed by atoms with Crippen LogP contribution in [0.15, 0.2) is 0 Å². The van der Waals surface area contributed by atoms with Gasteiger partial charge in [-0.2, -0.15) is 23.5 Å². The Bertz CT molecular complexity index is 214. The first-order valence-electron chi connectivity index (χ1n) is 2.19. The summed E-state index contributed by atoms with van der Waals surface area (Å²) in [5.41, 5.74) is 0. The van der Waals surface area contributed by atoms with E-state index in [1.807, 2.05) is 0 Å². The average molecular weight is 526 g/mol. The summed E-state index contributed by atoms with van der Waals surface area (Å²) in [6.45, 7) is 0. The third-order valence-corrected chi connectivity index (χ3v) is 0. The molecule has 0 aromatic heterocycles. The molecule has 0 heterocycles. The first kappa shape index (κ1) is 26.0. The van der Waals surface area contributed by atoms with E-state index in [4.69, 9.17) is 57.7 Å². The van der Waals surface area contributed by atoms with Crippen molar-refractivity contribution in [1.29, 1.82) is 0 Å². The summed E-state index contributed by atoms with van der Waals surface area (Å²) in [6.07, 6.45) is 0. The van der Waals surface area contributed by atoms with Crippen LogP contribution in [-0.4, -0.2) is 0 Å². The Labute approximate surface area is 117 Å². The maximum atomic E-state index is 8.55. The van der Waals surface area contributed by atoms with Gasteiger partial charge in [0.1, 0.15) is 0 Å². The fourth-order valence-electron chi connectivity index (χ4n) is 0. The zero-order valence-electron chi connectivity index (χ0n) is 9.74. The molecule has 0 fully saturated rings. The normalized spacial score (nSPS) is 11.1. The van der Waals surface area contributed by atoms with Crippen molar-refractivity contribution in [2.75, 3.05) is 0 Å². The summed E-state index contributed by atoms with van der Waals surface area (Å²) in [5.74, 6) is 0. The van der Waals surface area contributed by atoms with Gasteiger partial charge in [0.15, 0.2) is 0 Å². The Morgan fingerprint density at radius 2 is 0.500 bits per heavy atom. The molecule has 0 amide bonds. The van der Waals surface area contributed by atoms with Gasteiger partial charge in [0.05, 0.1) is 0 Å². The molecule has 0 aliphatic carbocycles. The molecule has 0 unspecified atom stereocenters. The first-order valence-corrected chi connectivity index (χ1v) is 6.57. The molecule has 16 heteroatoms. The van der Waals surface area contributed by atoms with Crippen LogP contribution in [0.2, 0.25) is 0 Å². The predicted octanol–water partition coefficient (Wildman–Crippen LogP) is -8.14. The number of hydrogen-bond donors (Lipinski definition) is 0. The molecule has 0 radical (unpaired) electrons. The molecule has 0 aromatic rings. The second kappa shape index (κ2) is 10.3. The molecular weight excluding hydrogens is 523 g/mol. The molecule has 0 saturated carbocycles. The van der Waals surface area contributed by atoms with Crippen LogP contribution in [0.3, 0.4) is 0 Å². The molecular formula is H3O12P3U-6. The third kappa shape index (κ3) is 1670. The molecule has 12 nitrogen and oxygen atoms in total. The zero-order chi connectivity index (χ0) is 13.5. The summed E-state index contributed by atoms with van der Waals surface area (Å²) in [6, 6.07) is 0. The number of hydrogen-bond acceptors (Lipinski definition) is 12. The summed E-state index contributed by atoms with van der Waals surface area (Å²) in [4.78, 5) is 76.9. The van der Waals surface area contributed by atoms with E-state index in [1.165, 1.54) is 0 Å². The van der Waals surface area contributed by atoms with Gasteiger partial charge >= 0.3 is 4.28 Å². The van der Waals surface area contributed by atoms with E-state index in [0.717, 1.165) is 0 Å². The van der Waals surface area contributed by atoms with Crippen LogP contribution in [0.25, 0.3) is 0 Å². The van der Waals surface area contributed by atoms with Crippen molar-refractivity contribution in [3.8, 4) is 0 Å². The summed E-state index contributed by atoms with van der Waals surface area (Å²) in [7, 11) is -16.2. The molecule has 0 saturated heterocycles. The maximum Gasteiger partial charge on any atom is 1.00 e. The molecule has 0 N–H and O–H groups in total. The minimum absolute atomic E-state index is 0. The predicted molar refractivity (Wildman–Crippen MR) is 26.2 cm³/mol. The Hall–Kier alpha value is 1.38. The topological polar surface area (TPSA) is 259 Å². The van der Waals surface area contributed by atoms with Crippen LogP contribution in [0, 0.1) is 31.1 Å². The second-order valence-corrected chi connectivity index (χ2v) is 4.02. The van der Waals surface area contributed by atoms with E-state index in [2.05, 4.69) is 0 Å². The van der Waals surface area contributed by atoms with Gasteiger partial charge < -0.3 is 57.7 Å². The van der Waals surface area contributed by atoms with Crippen molar-refractivity contribution in [1.82, 2.24) is 0 Å². The molecule has 0 rings (SSSR count). The van der Waals surface area contributed by atoms with E-state index in [9.17, 15) is 0 Å². The van der Waals surface area contributed by atoms with Crippen LogP contribution in [0.1, 0.15) is 4.28 Å². The van der Waals surface area contributed by atoms with Crippen LogP contribution < -0.4 is 44.0 Å². The van der Waals surface area contributed by atoms with E-state index < -0.39 is 23.5 Å². The second-order valence-electron chi connectivity index (χ2n) is 1.34. The van der Waals surface area contributed by atoms with Gasteiger partial charge in [-0.15, -0.1) is 0 Å². The molecule has 0 bridgehead atoms. The molecule has 0 aliphatic heterocycles. The third-order valence-electron chi connectivity index (χ3n) is 0. The van der Waals surface area contributed by atoms with Crippen LogP contribution >= 0.6 is 23.5 Å². The maximum absolute atomic E-state index is 8.55. The standard InChI is InChI=1S/3H3O4P.U/c3*1-5(2,3)4;/h3*(H3,1,2,3,4);/p-6. The Morgan fingerprint density at radius 1 is 0.500 bits per heavy atom. The van der Waals surface area contributed by atoms with Crippen molar-refractivity contribution >= 4 is 23.5 Å². The van der Waals surface area contributed by atoms with Gasteiger partial charge in [-0.25, -0.2) is 0 Å². The summed E-state index contributed by atoms with van der Waals surface area (Å²) in [5, 5.41) is 0. The monoisotopic (exact) mass is 526 g/mol. The number of rotatable bonds is 0. The first-order chi connectivity index (χ1) is 6.00. The van der Waals surface area contributed by atoms with E-state index in [-0.39, 0.29) is 35.4 Å². The van der Waals surface area contributed by atoms with Gasteiger partial charge in [-0.05, 0) is 0 Å². The van der Waals surface area contributed by atoms with E-state index >= 15 is 0 Å². The van der Waals surface area contributed by atoms with Crippen molar-refractivity contribution in [2.24, 2.45) is 0 Å². The van der Waals surface area contributed by atoms with Gasteiger partial charge in [0, 0.05) is 31.1 Å². The molecule has 0 aliphatic rings. The van der Waals surface area contributed by atoms with Crippen molar-refractivity contribution in [2.45, 2.75) is 0 Å². The molecule has 100 valence electrons. The van der Waals surface area contributed by atoms with Crippen LogP contribution in [-0.2, 0) is 13.7 Å². The Morgan fingerprint density at radius 3 is 0.500 bits per heavy atom. The molecule has 0 aromatic carbocycles. The average Bonchev–Trinajstić information content (AvgIpc) is 1.41. The minimum Gasteiger partial charge on any atom is -0.822 e. The zero-order valence-corrected chi connectivity index (χ0v) is 13.6. The van der Waals surface area contributed by atoms with Crippen molar-refractivity contribution in [3.63, 3.8) is 0 Å². The molecule has 0 atom stereocenters. The largest absolute Gasteiger partial charge is 1.00 e. The van der Waals surface area contributed by atoms with E-state index in [0.29, 0.717) is 0 Å².